The summed E-state index contributed by atoms with van der Waals surface area (Å²) < 4.78 is 0. The van der Waals surface area contributed by atoms with Crippen molar-refractivity contribution in [2.75, 3.05) is 0 Å². The molecule has 0 aromatic rings. The Morgan fingerprint density at radius 3 is 2.46 bits per heavy atom. The van der Waals surface area contributed by atoms with Crippen LogP contribution in [0.2, 0.25) is 0 Å². The molecule has 2 atom stereocenters. The highest BCUT2D eigenvalue weighted by Gasteiger charge is 2.45. The maximum absolute atomic E-state index is 3.70. The SMILES string of the molecule is CCCCCC(C)NC1CC1(C)C. The van der Waals surface area contributed by atoms with E-state index in [4.69, 9.17) is 0 Å². The fraction of sp³-hybridized carbons (Fsp3) is 1.00. The van der Waals surface area contributed by atoms with E-state index in [1.165, 1.54) is 32.1 Å². The van der Waals surface area contributed by atoms with E-state index in [1.54, 1.807) is 0 Å². The summed E-state index contributed by atoms with van der Waals surface area (Å²) in [5.41, 5.74) is 0.582. The first-order valence-corrected chi connectivity index (χ1v) is 5.82. The fourth-order valence-electron chi connectivity index (χ4n) is 1.88. The molecule has 1 nitrogen and oxygen atoms in total. The van der Waals surface area contributed by atoms with Crippen LogP contribution in [0.15, 0.2) is 0 Å². The molecule has 2 unspecified atom stereocenters. The van der Waals surface area contributed by atoms with E-state index in [0.29, 0.717) is 5.41 Å². The first-order valence-electron chi connectivity index (χ1n) is 5.82. The maximum Gasteiger partial charge on any atom is 0.0127 e. The van der Waals surface area contributed by atoms with Crippen LogP contribution in [0.1, 0.15) is 59.8 Å². The van der Waals surface area contributed by atoms with Crippen molar-refractivity contribution in [3.63, 3.8) is 0 Å². The molecule has 13 heavy (non-hydrogen) atoms. The van der Waals surface area contributed by atoms with Crippen LogP contribution in [-0.4, -0.2) is 12.1 Å². The standard InChI is InChI=1S/C12H25N/c1-5-6-7-8-10(2)13-11-9-12(11,3)4/h10-11,13H,5-9H2,1-4H3. The van der Waals surface area contributed by atoms with E-state index in [2.05, 4.69) is 33.0 Å². The molecule has 0 saturated heterocycles. The van der Waals surface area contributed by atoms with Gasteiger partial charge in [-0.3, -0.25) is 0 Å². The lowest BCUT2D eigenvalue weighted by Gasteiger charge is -2.14. The van der Waals surface area contributed by atoms with Gasteiger partial charge in [-0.1, -0.05) is 40.0 Å². The molecule has 0 spiro atoms. The van der Waals surface area contributed by atoms with Gasteiger partial charge in [0.25, 0.3) is 0 Å². The van der Waals surface area contributed by atoms with Gasteiger partial charge in [-0.2, -0.15) is 0 Å². The van der Waals surface area contributed by atoms with Crippen LogP contribution in [0.25, 0.3) is 0 Å². The minimum absolute atomic E-state index is 0.582. The van der Waals surface area contributed by atoms with Crippen molar-refractivity contribution in [2.45, 2.75) is 71.9 Å². The van der Waals surface area contributed by atoms with Gasteiger partial charge in [0.1, 0.15) is 0 Å². The average molecular weight is 183 g/mol. The Bertz CT molecular complexity index is 151. The summed E-state index contributed by atoms with van der Waals surface area (Å²) >= 11 is 0. The predicted octanol–water partition coefficient (Wildman–Crippen LogP) is 3.34. The highest BCUT2D eigenvalue weighted by molar-refractivity contribution is 5.02. The smallest absolute Gasteiger partial charge is 0.0127 e. The molecule has 78 valence electrons. The number of nitrogens with one attached hydrogen (secondary N) is 1. The largest absolute Gasteiger partial charge is 0.311 e. The first kappa shape index (κ1) is 11.0. The van der Waals surface area contributed by atoms with Gasteiger partial charge in [0, 0.05) is 12.1 Å². The van der Waals surface area contributed by atoms with Crippen LogP contribution in [0.4, 0.5) is 0 Å². The second-order valence-electron chi connectivity index (χ2n) is 5.31. The van der Waals surface area contributed by atoms with Gasteiger partial charge in [-0.05, 0) is 25.2 Å². The van der Waals surface area contributed by atoms with Gasteiger partial charge in [-0.25, -0.2) is 0 Å². The summed E-state index contributed by atoms with van der Waals surface area (Å²) in [4.78, 5) is 0. The molecule has 1 rings (SSSR count). The number of hydrogen-bond acceptors (Lipinski definition) is 1. The quantitative estimate of drug-likeness (QED) is 0.623. The zero-order valence-corrected chi connectivity index (χ0v) is 9.69. The Hall–Kier alpha value is -0.0400. The highest BCUT2D eigenvalue weighted by atomic mass is 15.0. The highest BCUT2D eigenvalue weighted by Crippen LogP contribution is 2.44. The van der Waals surface area contributed by atoms with E-state index in [-0.39, 0.29) is 0 Å². The molecule has 0 amide bonds. The molecule has 1 fully saturated rings. The predicted molar refractivity (Wildman–Crippen MR) is 58.9 cm³/mol. The van der Waals surface area contributed by atoms with Gasteiger partial charge < -0.3 is 5.32 Å². The number of rotatable bonds is 6. The molecule has 1 N–H and O–H groups in total. The first-order chi connectivity index (χ1) is 6.06. The monoisotopic (exact) mass is 183 g/mol. The Labute approximate surface area is 83.3 Å². The van der Waals surface area contributed by atoms with Gasteiger partial charge in [0.05, 0.1) is 0 Å². The molecule has 0 aliphatic heterocycles. The summed E-state index contributed by atoms with van der Waals surface area (Å²) in [6.45, 7) is 9.29. The lowest BCUT2D eigenvalue weighted by Crippen LogP contribution is -2.30. The van der Waals surface area contributed by atoms with Crippen LogP contribution in [-0.2, 0) is 0 Å². The lowest BCUT2D eigenvalue weighted by atomic mass is 10.1. The van der Waals surface area contributed by atoms with Crippen molar-refractivity contribution in [1.29, 1.82) is 0 Å². The van der Waals surface area contributed by atoms with Crippen molar-refractivity contribution in [1.82, 2.24) is 5.32 Å². The molecule has 0 radical (unpaired) electrons. The zero-order valence-electron chi connectivity index (χ0n) is 9.69. The van der Waals surface area contributed by atoms with E-state index in [0.717, 1.165) is 12.1 Å². The number of hydrogen-bond donors (Lipinski definition) is 1. The van der Waals surface area contributed by atoms with Crippen molar-refractivity contribution < 1.29 is 0 Å². The Morgan fingerprint density at radius 2 is 2.00 bits per heavy atom. The third kappa shape index (κ3) is 3.68. The van der Waals surface area contributed by atoms with Crippen molar-refractivity contribution >= 4 is 0 Å². The van der Waals surface area contributed by atoms with Gasteiger partial charge in [0.2, 0.25) is 0 Å². The minimum Gasteiger partial charge on any atom is -0.311 e. The van der Waals surface area contributed by atoms with Crippen LogP contribution >= 0.6 is 0 Å². The molecule has 1 aliphatic rings. The molecular weight excluding hydrogens is 158 g/mol. The fourth-order valence-corrected chi connectivity index (χ4v) is 1.88. The second kappa shape index (κ2) is 4.45. The maximum atomic E-state index is 3.70. The lowest BCUT2D eigenvalue weighted by molar-refractivity contribution is 0.446. The van der Waals surface area contributed by atoms with Crippen LogP contribution < -0.4 is 5.32 Å². The van der Waals surface area contributed by atoms with E-state index < -0.39 is 0 Å². The third-order valence-electron chi connectivity index (χ3n) is 3.24. The third-order valence-corrected chi connectivity index (χ3v) is 3.24. The normalized spacial score (nSPS) is 27.2. The van der Waals surface area contributed by atoms with E-state index in [1.807, 2.05) is 0 Å². The zero-order chi connectivity index (χ0) is 9.90. The summed E-state index contributed by atoms with van der Waals surface area (Å²) in [6.07, 6.45) is 6.82. The summed E-state index contributed by atoms with van der Waals surface area (Å²) in [6, 6.07) is 1.52. The Kier molecular flexibility index (Phi) is 3.78. The average Bonchev–Trinajstić information content (AvgIpc) is 2.59. The molecule has 1 saturated carbocycles. The summed E-state index contributed by atoms with van der Waals surface area (Å²) in [7, 11) is 0. The number of unbranched alkanes of at least 4 members (excludes halogenated alkanes) is 2. The van der Waals surface area contributed by atoms with E-state index >= 15 is 0 Å². The summed E-state index contributed by atoms with van der Waals surface area (Å²) in [5, 5.41) is 3.70. The Balaban J connectivity index is 2.02. The molecule has 1 aliphatic carbocycles. The molecular formula is C12H25N. The molecule has 0 aromatic heterocycles. The van der Waals surface area contributed by atoms with Gasteiger partial charge in [0.15, 0.2) is 0 Å². The van der Waals surface area contributed by atoms with E-state index in [9.17, 15) is 0 Å². The molecule has 0 aromatic carbocycles. The van der Waals surface area contributed by atoms with Crippen LogP contribution in [0.3, 0.4) is 0 Å². The van der Waals surface area contributed by atoms with Crippen LogP contribution in [0.5, 0.6) is 0 Å². The molecule has 1 heteroatoms. The molecule has 0 heterocycles. The van der Waals surface area contributed by atoms with Gasteiger partial charge in [-0.15, -0.1) is 0 Å². The van der Waals surface area contributed by atoms with Crippen LogP contribution in [0, 0.1) is 5.41 Å². The van der Waals surface area contributed by atoms with Crippen molar-refractivity contribution in [3.8, 4) is 0 Å². The molecule has 0 bridgehead atoms. The minimum atomic E-state index is 0.582. The Morgan fingerprint density at radius 1 is 1.38 bits per heavy atom. The topological polar surface area (TPSA) is 12.0 Å². The van der Waals surface area contributed by atoms with Gasteiger partial charge >= 0.3 is 0 Å². The summed E-state index contributed by atoms with van der Waals surface area (Å²) in [5.74, 6) is 0. The second-order valence-corrected chi connectivity index (χ2v) is 5.31. The van der Waals surface area contributed by atoms with Crippen molar-refractivity contribution in [3.05, 3.63) is 0 Å². The van der Waals surface area contributed by atoms with Crippen molar-refractivity contribution in [2.24, 2.45) is 5.41 Å².